The minimum atomic E-state index is 0.653. The molecule has 0 radical (unpaired) electrons. The third-order valence-corrected chi connectivity index (χ3v) is 3.97. The SMILES string of the molecule is N#Cc1cccc(Cn2c(-c3cccnc3)nc3ccccc32)c1. The molecule has 0 N–H and O–H groups in total. The minimum absolute atomic E-state index is 0.653. The van der Waals surface area contributed by atoms with E-state index in [0.29, 0.717) is 12.1 Å². The van der Waals surface area contributed by atoms with Gasteiger partial charge in [-0.3, -0.25) is 4.98 Å². The molecule has 0 fully saturated rings. The van der Waals surface area contributed by atoms with E-state index in [1.807, 2.05) is 60.8 Å². The summed E-state index contributed by atoms with van der Waals surface area (Å²) in [5.41, 5.74) is 4.74. The number of nitrogens with zero attached hydrogens (tertiary/aromatic N) is 4. The Hall–Kier alpha value is -3.45. The van der Waals surface area contributed by atoms with Crippen LogP contribution >= 0.6 is 0 Å². The molecule has 2 heterocycles. The van der Waals surface area contributed by atoms with Gasteiger partial charge < -0.3 is 4.57 Å². The summed E-state index contributed by atoms with van der Waals surface area (Å²) in [5, 5.41) is 9.12. The van der Waals surface area contributed by atoms with E-state index in [-0.39, 0.29) is 0 Å². The Morgan fingerprint density at radius 2 is 1.92 bits per heavy atom. The number of hydrogen-bond acceptors (Lipinski definition) is 3. The van der Waals surface area contributed by atoms with Gasteiger partial charge in [0.05, 0.1) is 22.7 Å². The highest BCUT2D eigenvalue weighted by Gasteiger charge is 2.13. The molecule has 0 saturated carbocycles. The maximum atomic E-state index is 9.12. The number of benzene rings is 2. The van der Waals surface area contributed by atoms with E-state index in [9.17, 15) is 0 Å². The van der Waals surface area contributed by atoms with E-state index in [1.54, 1.807) is 6.20 Å². The molecule has 0 aliphatic heterocycles. The average molecular weight is 310 g/mol. The molecule has 0 aliphatic rings. The molecule has 114 valence electrons. The molecule has 4 aromatic rings. The van der Waals surface area contributed by atoms with Crippen LogP contribution in [0.5, 0.6) is 0 Å². The third kappa shape index (κ3) is 2.53. The standard InChI is InChI=1S/C20H14N4/c21-12-15-5-3-6-16(11-15)14-24-19-9-2-1-8-18(19)23-20(24)17-7-4-10-22-13-17/h1-11,13H,14H2. The average Bonchev–Trinajstić information content (AvgIpc) is 3.01. The van der Waals surface area contributed by atoms with Gasteiger partial charge in [0.2, 0.25) is 0 Å². The fraction of sp³-hybridized carbons (Fsp3) is 0.0500. The van der Waals surface area contributed by atoms with Crippen LogP contribution in [-0.4, -0.2) is 14.5 Å². The van der Waals surface area contributed by atoms with Gasteiger partial charge in [0.25, 0.3) is 0 Å². The fourth-order valence-corrected chi connectivity index (χ4v) is 2.87. The zero-order valence-electron chi connectivity index (χ0n) is 12.9. The summed E-state index contributed by atoms with van der Waals surface area (Å²) < 4.78 is 2.17. The van der Waals surface area contributed by atoms with Gasteiger partial charge in [-0.05, 0) is 42.0 Å². The lowest BCUT2D eigenvalue weighted by molar-refractivity contribution is 0.833. The molecule has 0 spiro atoms. The lowest BCUT2D eigenvalue weighted by Crippen LogP contribution is -2.02. The molecule has 0 saturated heterocycles. The van der Waals surface area contributed by atoms with Gasteiger partial charge in [0.15, 0.2) is 0 Å². The largest absolute Gasteiger partial charge is 0.319 e. The fourth-order valence-electron chi connectivity index (χ4n) is 2.87. The molecule has 0 atom stereocenters. The molecule has 4 rings (SSSR count). The lowest BCUT2D eigenvalue weighted by Gasteiger charge is -2.09. The van der Waals surface area contributed by atoms with Crippen molar-refractivity contribution < 1.29 is 0 Å². The number of para-hydroxylation sites is 2. The van der Waals surface area contributed by atoms with Crippen LogP contribution in [0.3, 0.4) is 0 Å². The van der Waals surface area contributed by atoms with E-state index in [1.165, 1.54) is 0 Å². The summed E-state index contributed by atoms with van der Waals surface area (Å²) >= 11 is 0. The first-order chi connectivity index (χ1) is 11.8. The maximum absolute atomic E-state index is 9.12. The predicted molar refractivity (Wildman–Crippen MR) is 93.2 cm³/mol. The van der Waals surface area contributed by atoms with E-state index in [4.69, 9.17) is 10.2 Å². The number of nitriles is 1. The van der Waals surface area contributed by atoms with Crippen LogP contribution < -0.4 is 0 Å². The van der Waals surface area contributed by atoms with Crippen molar-refractivity contribution in [3.05, 3.63) is 84.2 Å². The molecule has 4 heteroatoms. The van der Waals surface area contributed by atoms with Crippen LogP contribution in [0.1, 0.15) is 11.1 Å². The van der Waals surface area contributed by atoms with Crippen molar-refractivity contribution >= 4 is 11.0 Å². The summed E-state index contributed by atoms with van der Waals surface area (Å²) in [7, 11) is 0. The molecule has 2 aromatic heterocycles. The van der Waals surface area contributed by atoms with E-state index < -0.39 is 0 Å². The Balaban J connectivity index is 1.88. The van der Waals surface area contributed by atoms with Crippen LogP contribution in [0.15, 0.2) is 73.1 Å². The van der Waals surface area contributed by atoms with Gasteiger partial charge in [-0.1, -0.05) is 24.3 Å². The second kappa shape index (κ2) is 5.98. The van der Waals surface area contributed by atoms with Crippen LogP contribution in [0.2, 0.25) is 0 Å². The van der Waals surface area contributed by atoms with Gasteiger partial charge >= 0.3 is 0 Å². The molecular weight excluding hydrogens is 296 g/mol. The van der Waals surface area contributed by atoms with Crippen LogP contribution in [0.25, 0.3) is 22.4 Å². The van der Waals surface area contributed by atoms with Gasteiger partial charge in [-0.15, -0.1) is 0 Å². The highest BCUT2D eigenvalue weighted by Crippen LogP contribution is 2.25. The lowest BCUT2D eigenvalue weighted by atomic mass is 10.1. The van der Waals surface area contributed by atoms with Crippen molar-refractivity contribution in [3.63, 3.8) is 0 Å². The first-order valence-corrected chi connectivity index (χ1v) is 7.70. The number of pyridine rings is 1. The van der Waals surface area contributed by atoms with Crippen molar-refractivity contribution in [2.75, 3.05) is 0 Å². The van der Waals surface area contributed by atoms with Crippen LogP contribution in [0.4, 0.5) is 0 Å². The quantitative estimate of drug-likeness (QED) is 0.574. The van der Waals surface area contributed by atoms with Crippen molar-refractivity contribution in [1.82, 2.24) is 14.5 Å². The molecule has 24 heavy (non-hydrogen) atoms. The molecule has 0 aliphatic carbocycles. The first-order valence-electron chi connectivity index (χ1n) is 7.70. The summed E-state index contributed by atoms with van der Waals surface area (Å²) in [6.45, 7) is 0.653. The summed E-state index contributed by atoms with van der Waals surface area (Å²) in [6, 6.07) is 21.9. The van der Waals surface area contributed by atoms with Gasteiger partial charge in [-0.2, -0.15) is 5.26 Å². The Morgan fingerprint density at radius 1 is 1.00 bits per heavy atom. The Labute approximate surface area is 139 Å². The monoisotopic (exact) mass is 310 g/mol. The summed E-state index contributed by atoms with van der Waals surface area (Å²) in [5.74, 6) is 0.881. The van der Waals surface area contributed by atoms with Gasteiger partial charge in [0, 0.05) is 24.5 Å². The van der Waals surface area contributed by atoms with E-state index in [0.717, 1.165) is 28.0 Å². The highest BCUT2D eigenvalue weighted by molar-refractivity contribution is 5.80. The smallest absolute Gasteiger partial charge is 0.143 e. The maximum Gasteiger partial charge on any atom is 0.143 e. The Bertz CT molecular complexity index is 1040. The third-order valence-electron chi connectivity index (χ3n) is 3.97. The second-order valence-corrected chi connectivity index (χ2v) is 5.56. The molecule has 2 aromatic carbocycles. The van der Waals surface area contributed by atoms with Crippen molar-refractivity contribution in [3.8, 4) is 17.5 Å². The van der Waals surface area contributed by atoms with Crippen molar-refractivity contribution in [1.29, 1.82) is 5.26 Å². The van der Waals surface area contributed by atoms with Crippen molar-refractivity contribution in [2.24, 2.45) is 0 Å². The predicted octanol–water partition coefficient (Wildman–Crippen LogP) is 4.02. The molecule has 4 nitrogen and oxygen atoms in total. The summed E-state index contributed by atoms with van der Waals surface area (Å²) in [4.78, 5) is 8.99. The molecular formula is C20H14N4. The van der Waals surface area contributed by atoms with E-state index in [2.05, 4.69) is 21.7 Å². The normalized spacial score (nSPS) is 10.6. The Kier molecular flexibility index (Phi) is 3.53. The number of fused-ring (bicyclic) bond motifs is 1. The van der Waals surface area contributed by atoms with Gasteiger partial charge in [-0.25, -0.2) is 4.98 Å². The molecule has 0 bridgehead atoms. The molecule has 0 amide bonds. The second-order valence-electron chi connectivity index (χ2n) is 5.56. The number of hydrogen-bond donors (Lipinski definition) is 0. The van der Waals surface area contributed by atoms with Crippen LogP contribution in [-0.2, 0) is 6.54 Å². The number of rotatable bonds is 3. The van der Waals surface area contributed by atoms with Gasteiger partial charge in [0.1, 0.15) is 5.82 Å². The zero-order valence-corrected chi connectivity index (χ0v) is 12.9. The van der Waals surface area contributed by atoms with Crippen LogP contribution in [0, 0.1) is 11.3 Å². The summed E-state index contributed by atoms with van der Waals surface area (Å²) in [6.07, 6.45) is 3.58. The zero-order chi connectivity index (χ0) is 16.4. The Morgan fingerprint density at radius 3 is 2.75 bits per heavy atom. The van der Waals surface area contributed by atoms with Crippen molar-refractivity contribution in [2.45, 2.75) is 6.54 Å². The number of imidazole rings is 1. The van der Waals surface area contributed by atoms with E-state index >= 15 is 0 Å². The number of aromatic nitrogens is 3. The highest BCUT2D eigenvalue weighted by atomic mass is 15.1. The molecule has 0 unspecified atom stereocenters. The minimum Gasteiger partial charge on any atom is -0.319 e. The first kappa shape index (κ1) is 14.2. The topological polar surface area (TPSA) is 54.5 Å².